The number of rotatable bonds is 3. The van der Waals surface area contributed by atoms with Crippen LogP contribution in [0.25, 0.3) is 0 Å². The molecule has 1 aromatic heterocycles. The molecular weight excluding hydrogens is 258 g/mol. The minimum Gasteiger partial charge on any atom is -0.465 e. The molecular formula is C14H15N3O3. The molecule has 0 aliphatic carbocycles. The molecule has 6 heteroatoms. The second-order valence-corrected chi connectivity index (χ2v) is 4.30. The van der Waals surface area contributed by atoms with Crippen molar-refractivity contribution < 1.29 is 14.3 Å². The van der Waals surface area contributed by atoms with Gasteiger partial charge in [0.2, 0.25) is 0 Å². The number of benzene rings is 1. The van der Waals surface area contributed by atoms with E-state index in [0.29, 0.717) is 22.6 Å². The highest BCUT2D eigenvalue weighted by molar-refractivity contribution is 6.04. The number of nitrogens with two attached hydrogens (primary N) is 1. The minimum absolute atomic E-state index is 0.300. The van der Waals surface area contributed by atoms with E-state index in [1.54, 1.807) is 48.1 Å². The van der Waals surface area contributed by atoms with Crippen LogP contribution >= 0.6 is 0 Å². The Balaban J connectivity index is 2.20. The SMILES string of the molecule is COC(=O)c1cccc(NC(=O)c2cc(N)cn2C)c1. The topological polar surface area (TPSA) is 86.3 Å². The van der Waals surface area contributed by atoms with Gasteiger partial charge in [0.05, 0.1) is 18.4 Å². The van der Waals surface area contributed by atoms with Gasteiger partial charge < -0.3 is 20.4 Å². The molecule has 1 amide bonds. The summed E-state index contributed by atoms with van der Waals surface area (Å²) < 4.78 is 6.26. The Morgan fingerprint density at radius 3 is 2.65 bits per heavy atom. The first-order valence-electron chi connectivity index (χ1n) is 5.93. The van der Waals surface area contributed by atoms with Crippen molar-refractivity contribution in [3.05, 3.63) is 47.8 Å². The van der Waals surface area contributed by atoms with Crippen LogP contribution in [0.3, 0.4) is 0 Å². The van der Waals surface area contributed by atoms with Gasteiger partial charge >= 0.3 is 5.97 Å². The van der Waals surface area contributed by atoms with Gasteiger partial charge in [-0.3, -0.25) is 4.79 Å². The number of esters is 1. The molecule has 0 aliphatic heterocycles. The summed E-state index contributed by atoms with van der Waals surface area (Å²) in [5, 5.41) is 2.71. The number of aryl methyl sites for hydroxylation is 1. The summed E-state index contributed by atoms with van der Waals surface area (Å²) >= 11 is 0. The second-order valence-electron chi connectivity index (χ2n) is 4.30. The maximum absolute atomic E-state index is 12.1. The summed E-state index contributed by atoms with van der Waals surface area (Å²) in [6.45, 7) is 0. The molecule has 0 spiro atoms. The number of ether oxygens (including phenoxy) is 1. The predicted octanol–water partition coefficient (Wildman–Crippen LogP) is 1.65. The van der Waals surface area contributed by atoms with E-state index >= 15 is 0 Å². The average molecular weight is 273 g/mol. The van der Waals surface area contributed by atoms with Crippen molar-refractivity contribution >= 4 is 23.3 Å². The predicted molar refractivity (Wildman–Crippen MR) is 75.6 cm³/mol. The third-order valence-corrected chi connectivity index (χ3v) is 2.80. The lowest BCUT2D eigenvalue weighted by atomic mass is 10.2. The Morgan fingerprint density at radius 2 is 2.05 bits per heavy atom. The van der Waals surface area contributed by atoms with Gasteiger partial charge in [0, 0.05) is 18.9 Å². The monoisotopic (exact) mass is 273 g/mol. The summed E-state index contributed by atoms with van der Waals surface area (Å²) in [5.74, 6) is -0.754. The highest BCUT2D eigenvalue weighted by Gasteiger charge is 2.12. The molecule has 0 fully saturated rings. The molecule has 104 valence electrons. The Kier molecular flexibility index (Phi) is 3.74. The van der Waals surface area contributed by atoms with Crippen LogP contribution in [-0.2, 0) is 11.8 Å². The van der Waals surface area contributed by atoms with Crippen molar-refractivity contribution in [3.63, 3.8) is 0 Å². The first kappa shape index (κ1) is 13.7. The number of nitrogens with one attached hydrogen (secondary N) is 1. The molecule has 2 aromatic rings. The van der Waals surface area contributed by atoms with Crippen molar-refractivity contribution in [2.24, 2.45) is 7.05 Å². The summed E-state index contributed by atoms with van der Waals surface area (Å²) in [4.78, 5) is 23.5. The van der Waals surface area contributed by atoms with E-state index in [9.17, 15) is 9.59 Å². The molecule has 3 N–H and O–H groups in total. The van der Waals surface area contributed by atoms with Crippen LogP contribution in [0.2, 0.25) is 0 Å². The second kappa shape index (κ2) is 5.48. The Morgan fingerprint density at radius 1 is 1.30 bits per heavy atom. The zero-order valence-corrected chi connectivity index (χ0v) is 11.2. The number of aromatic nitrogens is 1. The number of carbonyl (C=O) groups is 2. The molecule has 6 nitrogen and oxygen atoms in total. The normalized spacial score (nSPS) is 10.1. The fourth-order valence-electron chi connectivity index (χ4n) is 1.85. The van der Waals surface area contributed by atoms with E-state index in [1.807, 2.05) is 0 Å². The van der Waals surface area contributed by atoms with E-state index in [2.05, 4.69) is 10.1 Å². The lowest BCUT2D eigenvalue weighted by Gasteiger charge is -2.07. The number of nitrogens with zero attached hydrogens (tertiary/aromatic N) is 1. The molecule has 20 heavy (non-hydrogen) atoms. The van der Waals surface area contributed by atoms with Gasteiger partial charge in [-0.05, 0) is 24.3 Å². The highest BCUT2D eigenvalue weighted by atomic mass is 16.5. The van der Waals surface area contributed by atoms with E-state index in [1.165, 1.54) is 7.11 Å². The van der Waals surface area contributed by atoms with Crippen molar-refractivity contribution in [2.75, 3.05) is 18.2 Å². The minimum atomic E-state index is -0.454. The third-order valence-electron chi connectivity index (χ3n) is 2.80. The molecule has 0 saturated carbocycles. The lowest BCUT2D eigenvalue weighted by Crippen LogP contribution is -2.15. The third kappa shape index (κ3) is 2.80. The fourth-order valence-corrected chi connectivity index (χ4v) is 1.85. The largest absolute Gasteiger partial charge is 0.465 e. The molecule has 0 atom stereocenters. The van der Waals surface area contributed by atoms with Crippen LogP contribution in [0.5, 0.6) is 0 Å². The van der Waals surface area contributed by atoms with Crippen LogP contribution in [0.15, 0.2) is 36.5 Å². The maximum atomic E-state index is 12.1. The lowest BCUT2D eigenvalue weighted by molar-refractivity contribution is 0.0600. The zero-order chi connectivity index (χ0) is 14.7. The Hall–Kier alpha value is -2.76. The van der Waals surface area contributed by atoms with E-state index in [4.69, 9.17) is 5.73 Å². The molecule has 0 saturated heterocycles. The van der Waals surface area contributed by atoms with Gasteiger partial charge in [-0.15, -0.1) is 0 Å². The number of hydrogen-bond acceptors (Lipinski definition) is 4. The van der Waals surface area contributed by atoms with E-state index < -0.39 is 5.97 Å². The van der Waals surface area contributed by atoms with Crippen molar-refractivity contribution in [1.29, 1.82) is 0 Å². The van der Waals surface area contributed by atoms with Crippen LogP contribution in [-0.4, -0.2) is 23.6 Å². The summed E-state index contributed by atoms with van der Waals surface area (Å²) in [5.41, 5.74) is 7.46. The molecule has 0 bridgehead atoms. The van der Waals surface area contributed by atoms with Gasteiger partial charge in [0.15, 0.2) is 0 Å². The average Bonchev–Trinajstić information content (AvgIpc) is 2.77. The van der Waals surface area contributed by atoms with Crippen LogP contribution in [0.1, 0.15) is 20.8 Å². The Bertz CT molecular complexity index is 661. The number of anilines is 2. The molecule has 2 rings (SSSR count). The first-order valence-corrected chi connectivity index (χ1v) is 5.93. The van der Waals surface area contributed by atoms with Crippen LogP contribution in [0, 0.1) is 0 Å². The smallest absolute Gasteiger partial charge is 0.337 e. The standard InChI is InChI=1S/C14H15N3O3/c1-17-8-10(15)7-12(17)13(18)16-11-5-3-4-9(6-11)14(19)20-2/h3-8H,15H2,1-2H3,(H,16,18). The van der Waals surface area contributed by atoms with Crippen LogP contribution in [0.4, 0.5) is 11.4 Å². The van der Waals surface area contributed by atoms with Crippen molar-refractivity contribution in [2.45, 2.75) is 0 Å². The zero-order valence-electron chi connectivity index (χ0n) is 11.2. The first-order chi connectivity index (χ1) is 9.51. The number of carbonyl (C=O) groups excluding carboxylic acids is 2. The number of nitrogen functional groups attached to an aromatic ring is 1. The quantitative estimate of drug-likeness (QED) is 0.832. The number of hydrogen-bond donors (Lipinski definition) is 2. The van der Waals surface area contributed by atoms with Gasteiger partial charge in [-0.1, -0.05) is 6.07 Å². The van der Waals surface area contributed by atoms with Gasteiger partial charge in [-0.25, -0.2) is 4.79 Å². The Labute approximate surface area is 116 Å². The van der Waals surface area contributed by atoms with Crippen molar-refractivity contribution in [1.82, 2.24) is 4.57 Å². The van der Waals surface area contributed by atoms with E-state index in [-0.39, 0.29) is 5.91 Å². The summed E-state index contributed by atoms with van der Waals surface area (Å²) in [7, 11) is 3.04. The van der Waals surface area contributed by atoms with Crippen LogP contribution < -0.4 is 11.1 Å². The molecule has 1 heterocycles. The van der Waals surface area contributed by atoms with Gasteiger partial charge in [0.1, 0.15) is 5.69 Å². The van der Waals surface area contributed by atoms with Gasteiger partial charge in [0.25, 0.3) is 5.91 Å². The summed E-state index contributed by atoms with van der Waals surface area (Å²) in [6.07, 6.45) is 1.65. The molecule has 0 aliphatic rings. The number of amides is 1. The molecule has 0 unspecified atom stereocenters. The number of methoxy groups -OCH3 is 1. The fraction of sp³-hybridized carbons (Fsp3) is 0.143. The van der Waals surface area contributed by atoms with Crippen molar-refractivity contribution in [3.8, 4) is 0 Å². The van der Waals surface area contributed by atoms with Gasteiger partial charge in [-0.2, -0.15) is 0 Å². The summed E-state index contributed by atoms with van der Waals surface area (Å²) in [6, 6.07) is 8.11. The molecule has 0 radical (unpaired) electrons. The maximum Gasteiger partial charge on any atom is 0.337 e. The van der Waals surface area contributed by atoms with E-state index in [0.717, 1.165) is 0 Å². The highest BCUT2D eigenvalue weighted by Crippen LogP contribution is 2.15. The molecule has 1 aromatic carbocycles.